The highest BCUT2D eigenvalue weighted by atomic mass is 15.6. The lowest BCUT2D eigenvalue weighted by atomic mass is 9.60. The van der Waals surface area contributed by atoms with E-state index in [0.717, 1.165) is 12.8 Å². The van der Waals surface area contributed by atoms with E-state index >= 15 is 0 Å². The van der Waals surface area contributed by atoms with Gasteiger partial charge in [-0.05, 0) is 115 Å². The molecule has 0 aromatic heterocycles. The molecule has 5 aliphatic carbocycles. The molecule has 2 heteroatoms. The van der Waals surface area contributed by atoms with Crippen molar-refractivity contribution in [2.75, 3.05) is 7.05 Å². The molecule has 6 unspecified atom stereocenters. The van der Waals surface area contributed by atoms with Crippen molar-refractivity contribution in [3.8, 4) is 0 Å². The van der Waals surface area contributed by atoms with Crippen LogP contribution in [0.2, 0.25) is 0 Å². The second kappa shape index (κ2) is 13.0. The van der Waals surface area contributed by atoms with Gasteiger partial charge in [0.1, 0.15) is 6.17 Å². The topological polar surface area (TPSA) is 6.48 Å². The van der Waals surface area contributed by atoms with E-state index in [9.17, 15) is 0 Å². The van der Waals surface area contributed by atoms with Crippen molar-refractivity contribution in [2.45, 2.75) is 77.0 Å². The molecule has 0 radical (unpaired) electrons. The fourth-order valence-corrected chi connectivity index (χ4v) is 10.4. The summed E-state index contributed by atoms with van der Waals surface area (Å²) >= 11 is 0. The number of rotatable bonds is 6. The van der Waals surface area contributed by atoms with Crippen LogP contribution in [0.5, 0.6) is 0 Å². The number of likely N-dealkylation sites (N-methyl/N-ethyl adjacent to an activating group) is 1. The quantitative estimate of drug-likeness (QED) is 0.309. The molecule has 1 saturated carbocycles. The van der Waals surface area contributed by atoms with E-state index in [0.29, 0.717) is 29.8 Å². The van der Waals surface area contributed by atoms with Gasteiger partial charge in [0.05, 0.1) is 6.17 Å². The van der Waals surface area contributed by atoms with Crippen LogP contribution < -0.4 is 0 Å². The van der Waals surface area contributed by atoms with Gasteiger partial charge >= 0.3 is 0 Å². The minimum atomic E-state index is 0.266. The Morgan fingerprint density at radius 3 is 2.43 bits per heavy atom. The molecular weight excluding hydrogens is 593 g/mol. The Morgan fingerprint density at radius 1 is 0.837 bits per heavy atom. The fourth-order valence-electron chi connectivity index (χ4n) is 10.4. The highest BCUT2D eigenvalue weighted by molar-refractivity contribution is 5.88. The average Bonchev–Trinajstić information content (AvgIpc) is 3.17. The van der Waals surface area contributed by atoms with E-state index in [4.69, 9.17) is 0 Å². The van der Waals surface area contributed by atoms with Crippen LogP contribution in [-0.2, 0) is 0 Å². The lowest BCUT2D eigenvalue weighted by molar-refractivity contribution is -0.117. The normalized spacial score (nSPS) is 30.9. The second-order valence-electron chi connectivity index (χ2n) is 15.3. The molecule has 2 aliphatic heterocycles. The summed E-state index contributed by atoms with van der Waals surface area (Å²) in [5.41, 5.74) is 15.3. The van der Waals surface area contributed by atoms with Gasteiger partial charge in [0.2, 0.25) is 0 Å². The molecule has 2 nitrogen and oxygen atoms in total. The zero-order valence-corrected chi connectivity index (χ0v) is 29.3. The van der Waals surface area contributed by atoms with Crippen LogP contribution in [-0.4, -0.2) is 29.2 Å². The first-order chi connectivity index (χ1) is 24.2. The van der Waals surface area contributed by atoms with E-state index in [1.807, 2.05) is 5.57 Å². The van der Waals surface area contributed by atoms with E-state index in [1.54, 1.807) is 22.3 Å². The largest absolute Gasteiger partial charge is 0.341 e. The molecule has 7 aliphatic rings. The van der Waals surface area contributed by atoms with Crippen molar-refractivity contribution in [1.29, 1.82) is 0 Å². The van der Waals surface area contributed by atoms with Crippen LogP contribution in [0.1, 0.15) is 75.8 Å². The van der Waals surface area contributed by atoms with E-state index < -0.39 is 0 Å². The van der Waals surface area contributed by atoms with Gasteiger partial charge in [-0.15, -0.1) is 0 Å². The van der Waals surface area contributed by atoms with Gasteiger partial charge in [-0.1, -0.05) is 134 Å². The first-order valence-corrected chi connectivity index (χ1v) is 19.1. The molecule has 0 amide bonds. The molecule has 49 heavy (non-hydrogen) atoms. The summed E-state index contributed by atoms with van der Waals surface area (Å²) in [6.45, 7) is 2.31. The summed E-state index contributed by atoms with van der Waals surface area (Å²) in [7, 11) is 2.33. The number of allylic oxidation sites excluding steroid dienone is 15. The first-order valence-electron chi connectivity index (χ1n) is 19.1. The molecular formula is C47H50N2. The van der Waals surface area contributed by atoms with Crippen molar-refractivity contribution in [2.24, 2.45) is 23.7 Å². The Kier molecular flexibility index (Phi) is 8.17. The van der Waals surface area contributed by atoms with Gasteiger partial charge in [0.25, 0.3) is 0 Å². The SMILES string of the molecule is CCC1=CC(C2=C3CCCCC3C(C3=CCC(C4N(C)C5C(c6ccccc6)=CC(c6ccccc6)=CN54)C=C3)C3=C2CCC=C3)CC=C1. The second-order valence-corrected chi connectivity index (χ2v) is 15.3. The molecule has 2 aromatic carbocycles. The van der Waals surface area contributed by atoms with Gasteiger partial charge in [0, 0.05) is 24.0 Å². The van der Waals surface area contributed by atoms with Crippen LogP contribution in [0.4, 0.5) is 0 Å². The third-order valence-corrected chi connectivity index (χ3v) is 12.6. The smallest absolute Gasteiger partial charge is 0.111 e. The molecule has 1 saturated heterocycles. The highest BCUT2D eigenvalue weighted by Gasteiger charge is 2.49. The Labute approximate surface area is 294 Å². The van der Waals surface area contributed by atoms with Crippen LogP contribution in [0.25, 0.3) is 11.1 Å². The molecule has 0 N–H and O–H groups in total. The van der Waals surface area contributed by atoms with Crippen molar-refractivity contribution in [3.05, 3.63) is 166 Å². The maximum Gasteiger partial charge on any atom is 0.111 e. The number of hydrogen-bond donors (Lipinski definition) is 0. The van der Waals surface area contributed by atoms with Crippen molar-refractivity contribution in [1.82, 2.24) is 9.80 Å². The third-order valence-electron chi connectivity index (χ3n) is 12.6. The lowest BCUT2D eigenvalue weighted by Gasteiger charge is -2.60. The predicted octanol–water partition coefficient (Wildman–Crippen LogP) is 11.2. The molecule has 248 valence electrons. The Balaban J connectivity index is 1.02. The Hall–Kier alpha value is -4.14. The predicted molar refractivity (Wildman–Crippen MR) is 205 cm³/mol. The Morgan fingerprint density at radius 2 is 1.65 bits per heavy atom. The standard InChI is InChI=1S/C47H50N2/c1-3-32-15-14-20-37(29-32)45-41-23-12-10-21-39(41)44(40-22-11-13-24-42(40)45)35-25-27-36(28-26-35)46-48(2)47-43(34-18-8-5-9-19-34)30-38(31-49(46)47)33-16-6-4-7-17-33/h4-10,14-19,21,25-27,29-31,36-37,40,44,46-47H,3,11-13,20,22-24,28H2,1-2H3. The van der Waals surface area contributed by atoms with Gasteiger partial charge < -0.3 is 4.90 Å². The van der Waals surface area contributed by atoms with Gasteiger partial charge in [-0.3, -0.25) is 4.90 Å². The summed E-state index contributed by atoms with van der Waals surface area (Å²) in [6, 6.07) is 21.9. The monoisotopic (exact) mass is 642 g/mol. The van der Waals surface area contributed by atoms with E-state index in [2.05, 4.69) is 145 Å². The molecule has 2 heterocycles. The van der Waals surface area contributed by atoms with Crippen molar-refractivity contribution in [3.63, 3.8) is 0 Å². The van der Waals surface area contributed by atoms with Gasteiger partial charge in [0.15, 0.2) is 0 Å². The maximum atomic E-state index is 2.65. The average molecular weight is 643 g/mol. The van der Waals surface area contributed by atoms with Crippen molar-refractivity contribution < 1.29 is 0 Å². The Bertz CT molecular complexity index is 1890. The molecule has 0 spiro atoms. The van der Waals surface area contributed by atoms with E-state index in [-0.39, 0.29) is 6.17 Å². The summed E-state index contributed by atoms with van der Waals surface area (Å²) in [4.78, 5) is 5.26. The molecule has 6 atom stereocenters. The highest BCUT2D eigenvalue weighted by Crippen LogP contribution is 2.55. The van der Waals surface area contributed by atoms with Crippen LogP contribution in [0, 0.1) is 23.7 Å². The fraction of sp³-hybridized carbons (Fsp3) is 0.362. The first kappa shape index (κ1) is 30.9. The maximum absolute atomic E-state index is 2.65. The summed E-state index contributed by atoms with van der Waals surface area (Å²) in [5.74, 6) is 2.17. The minimum Gasteiger partial charge on any atom is -0.341 e. The van der Waals surface area contributed by atoms with Gasteiger partial charge in [-0.2, -0.15) is 0 Å². The summed E-state index contributed by atoms with van der Waals surface area (Å²) in [5, 5.41) is 0. The van der Waals surface area contributed by atoms with Crippen LogP contribution in [0.3, 0.4) is 0 Å². The summed E-state index contributed by atoms with van der Waals surface area (Å²) in [6.07, 6.45) is 36.9. The zero-order valence-electron chi connectivity index (χ0n) is 29.3. The number of benzene rings is 2. The minimum absolute atomic E-state index is 0.266. The molecule has 2 aromatic rings. The molecule has 9 rings (SSSR count). The third kappa shape index (κ3) is 5.35. The zero-order chi connectivity index (χ0) is 32.9. The number of fused-ring (bicyclic) bond motifs is 2. The van der Waals surface area contributed by atoms with Crippen LogP contribution in [0.15, 0.2) is 155 Å². The number of hydrogen-bond acceptors (Lipinski definition) is 2. The summed E-state index contributed by atoms with van der Waals surface area (Å²) < 4.78 is 0. The molecule has 2 fully saturated rings. The van der Waals surface area contributed by atoms with E-state index in [1.165, 1.54) is 72.8 Å². The number of nitrogens with zero attached hydrogens (tertiary/aromatic N) is 2. The van der Waals surface area contributed by atoms with Crippen LogP contribution >= 0.6 is 0 Å². The van der Waals surface area contributed by atoms with Crippen molar-refractivity contribution >= 4 is 11.1 Å². The van der Waals surface area contributed by atoms with Gasteiger partial charge in [-0.25, -0.2) is 0 Å². The lowest BCUT2D eigenvalue weighted by Crippen LogP contribution is -2.70. The molecule has 0 bridgehead atoms.